The summed E-state index contributed by atoms with van der Waals surface area (Å²) >= 11 is 0. The molecule has 0 spiro atoms. The molecule has 0 radical (unpaired) electrons. The molecule has 22 heavy (non-hydrogen) atoms. The van der Waals surface area contributed by atoms with Gasteiger partial charge in [-0.05, 0) is 42.0 Å². The zero-order valence-corrected chi connectivity index (χ0v) is 12.4. The third kappa shape index (κ3) is 2.67. The third-order valence-electron chi connectivity index (χ3n) is 4.32. The number of ketones is 1. The first-order chi connectivity index (χ1) is 10.8. The number of hydrogen-bond donors (Lipinski definition) is 0. The van der Waals surface area contributed by atoms with Crippen LogP contribution in [0.5, 0.6) is 0 Å². The number of nitrogens with zero attached hydrogens (tertiary/aromatic N) is 2. The van der Waals surface area contributed by atoms with Crippen LogP contribution < -0.4 is 0 Å². The maximum Gasteiger partial charge on any atom is 0.143 e. The van der Waals surface area contributed by atoms with Crippen LogP contribution in [-0.2, 0) is 17.6 Å². The van der Waals surface area contributed by atoms with Crippen molar-refractivity contribution >= 4 is 11.4 Å². The lowest BCUT2D eigenvalue weighted by atomic mass is 10.0. The smallest absolute Gasteiger partial charge is 0.143 e. The molecule has 2 heterocycles. The van der Waals surface area contributed by atoms with Crippen molar-refractivity contribution in [1.82, 2.24) is 9.38 Å². The summed E-state index contributed by atoms with van der Waals surface area (Å²) in [6.07, 6.45) is 7.23. The SMILES string of the molecule is O=C(Cc1ccc(C2CC2)cc1)Cc1cccc2nccn12. The molecule has 0 unspecified atom stereocenters. The van der Waals surface area contributed by atoms with E-state index in [0.29, 0.717) is 12.8 Å². The number of benzene rings is 1. The van der Waals surface area contributed by atoms with Gasteiger partial charge in [-0.2, -0.15) is 0 Å². The van der Waals surface area contributed by atoms with E-state index < -0.39 is 0 Å². The fraction of sp³-hybridized carbons (Fsp3) is 0.263. The van der Waals surface area contributed by atoms with E-state index in [1.54, 1.807) is 6.20 Å². The van der Waals surface area contributed by atoms with Gasteiger partial charge in [0.15, 0.2) is 0 Å². The number of Topliss-reactive ketones (excluding diaryl/α,β-unsaturated/α-hetero) is 1. The average Bonchev–Trinajstić information content (AvgIpc) is 3.25. The van der Waals surface area contributed by atoms with Gasteiger partial charge in [0, 0.05) is 30.9 Å². The zero-order valence-electron chi connectivity index (χ0n) is 12.4. The van der Waals surface area contributed by atoms with Crippen LogP contribution in [0.3, 0.4) is 0 Å². The molecule has 4 rings (SSSR count). The molecule has 1 saturated carbocycles. The highest BCUT2D eigenvalue weighted by atomic mass is 16.1. The number of pyridine rings is 1. The second-order valence-corrected chi connectivity index (χ2v) is 6.08. The van der Waals surface area contributed by atoms with Crippen LogP contribution >= 0.6 is 0 Å². The predicted molar refractivity (Wildman–Crippen MR) is 86.0 cm³/mol. The van der Waals surface area contributed by atoms with E-state index in [9.17, 15) is 4.79 Å². The molecular formula is C19H18N2O. The quantitative estimate of drug-likeness (QED) is 0.720. The van der Waals surface area contributed by atoms with Gasteiger partial charge in [0.2, 0.25) is 0 Å². The summed E-state index contributed by atoms with van der Waals surface area (Å²) in [7, 11) is 0. The minimum atomic E-state index is 0.236. The van der Waals surface area contributed by atoms with E-state index in [0.717, 1.165) is 22.8 Å². The van der Waals surface area contributed by atoms with E-state index >= 15 is 0 Å². The summed E-state index contributed by atoms with van der Waals surface area (Å²) in [6, 6.07) is 14.4. The maximum absolute atomic E-state index is 12.3. The summed E-state index contributed by atoms with van der Waals surface area (Å²) in [5.41, 5.74) is 4.40. The van der Waals surface area contributed by atoms with E-state index in [2.05, 4.69) is 29.2 Å². The zero-order chi connectivity index (χ0) is 14.9. The molecular weight excluding hydrogens is 272 g/mol. The van der Waals surface area contributed by atoms with Gasteiger partial charge in [0.25, 0.3) is 0 Å². The Morgan fingerprint density at radius 1 is 1.09 bits per heavy atom. The van der Waals surface area contributed by atoms with Crippen LogP contribution in [0.2, 0.25) is 0 Å². The molecule has 1 fully saturated rings. The molecule has 1 aliphatic rings. The maximum atomic E-state index is 12.3. The largest absolute Gasteiger partial charge is 0.304 e. The Hall–Kier alpha value is -2.42. The number of hydrogen-bond acceptors (Lipinski definition) is 2. The molecule has 2 aromatic heterocycles. The fourth-order valence-corrected chi connectivity index (χ4v) is 2.97. The Morgan fingerprint density at radius 2 is 1.91 bits per heavy atom. The number of aromatic nitrogens is 2. The summed E-state index contributed by atoms with van der Waals surface area (Å²) in [5, 5.41) is 0. The first kappa shape index (κ1) is 13.3. The lowest BCUT2D eigenvalue weighted by molar-refractivity contribution is -0.117. The van der Waals surface area contributed by atoms with Crippen molar-refractivity contribution in [3.8, 4) is 0 Å². The second-order valence-electron chi connectivity index (χ2n) is 6.08. The lowest BCUT2D eigenvalue weighted by Gasteiger charge is -2.06. The Labute approximate surface area is 129 Å². The molecule has 1 aromatic carbocycles. The van der Waals surface area contributed by atoms with Crippen LogP contribution in [-0.4, -0.2) is 15.2 Å². The third-order valence-corrected chi connectivity index (χ3v) is 4.32. The standard InChI is InChI=1S/C19H18N2O/c22-18(12-14-4-6-15(7-5-14)16-8-9-16)13-17-2-1-3-19-20-10-11-21(17)19/h1-7,10-11,16H,8-9,12-13H2. The highest BCUT2D eigenvalue weighted by Crippen LogP contribution is 2.39. The lowest BCUT2D eigenvalue weighted by Crippen LogP contribution is -2.09. The van der Waals surface area contributed by atoms with Gasteiger partial charge >= 0.3 is 0 Å². The normalized spacial score (nSPS) is 14.4. The number of carbonyl (C=O) groups excluding carboxylic acids is 1. The van der Waals surface area contributed by atoms with Crippen LogP contribution in [0.4, 0.5) is 0 Å². The Morgan fingerprint density at radius 3 is 2.68 bits per heavy atom. The van der Waals surface area contributed by atoms with Gasteiger partial charge in [0.05, 0.1) is 0 Å². The van der Waals surface area contributed by atoms with Gasteiger partial charge in [0.1, 0.15) is 11.4 Å². The van der Waals surface area contributed by atoms with Crippen molar-refractivity contribution in [3.05, 3.63) is 71.7 Å². The number of fused-ring (bicyclic) bond motifs is 1. The average molecular weight is 290 g/mol. The van der Waals surface area contributed by atoms with Crippen molar-refractivity contribution in [2.45, 2.75) is 31.6 Å². The summed E-state index contributed by atoms with van der Waals surface area (Å²) in [4.78, 5) is 16.6. The molecule has 1 aliphatic carbocycles. The van der Waals surface area contributed by atoms with Crippen molar-refractivity contribution < 1.29 is 4.79 Å². The molecule has 3 nitrogen and oxygen atoms in total. The van der Waals surface area contributed by atoms with Crippen LogP contribution in [0, 0.1) is 0 Å². The van der Waals surface area contributed by atoms with E-state index in [-0.39, 0.29) is 5.78 Å². The molecule has 0 amide bonds. The Bertz CT molecular complexity index is 813. The highest BCUT2D eigenvalue weighted by Gasteiger charge is 2.23. The van der Waals surface area contributed by atoms with Gasteiger partial charge in [-0.3, -0.25) is 4.79 Å². The fourth-order valence-electron chi connectivity index (χ4n) is 2.97. The Kier molecular flexibility index (Phi) is 3.26. The minimum absolute atomic E-state index is 0.236. The van der Waals surface area contributed by atoms with Gasteiger partial charge in [-0.25, -0.2) is 4.98 Å². The van der Waals surface area contributed by atoms with E-state index in [1.165, 1.54) is 18.4 Å². The summed E-state index contributed by atoms with van der Waals surface area (Å²) in [6.45, 7) is 0. The highest BCUT2D eigenvalue weighted by molar-refractivity contribution is 5.83. The monoisotopic (exact) mass is 290 g/mol. The minimum Gasteiger partial charge on any atom is -0.304 e. The molecule has 3 heteroatoms. The number of carbonyl (C=O) groups is 1. The second kappa shape index (κ2) is 5.41. The van der Waals surface area contributed by atoms with Crippen LogP contribution in [0.25, 0.3) is 5.65 Å². The number of imidazole rings is 1. The topological polar surface area (TPSA) is 34.4 Å². The van der Waals surface area contributed by atoms with Gasteiger partial charge in [-0.15, -0.1) is 0 Å². The summed E-state index contributed by atoms with van der Waals surface area (Å²) in [5.74, 6) is 1.00. The van der Waals surface area contributed by atoms with Crippen LogP contribution in [0.1, 0.15) is 35.6 Å². The van der Waals surface area contributed by atoms with E-state index in [4.69, 9.17) is 0 Å². The molecule has 0 bridgehead atoms. The van der Waals surface area contributed by atoms with Crippen molar-refractivity contribution in [2.75, 3.05) is 0 Å². The van der Waals surface area contributed by atoms with Crippen molar-refractivity contribution in [1.29, 1.82) is 0 Å². The van der Waals surface area contributed by atoms with Gasteiger partial charge in [-0.1, -0.05) is 30.3 Å². The molecule has 3 aromatic rings. The first-order valence-electron chi connectivity index (χ1n) is 7.81. The molecule has 110 valence electrons. The van der Waals surface area contributed by atoms with E-state index in [1.807, 2.05) is 28.8 Å². The Balaban J connectivity index is 1.46. The number of rotatable bonds is 5. The molecule has 0 saturated heterocycles. The van der Waals surface area contributed by atoms with Crippen molar-refractivity contribution in [3.63, 3.8) is 0 Å². The van der Waals surface area contributed by atoms with Crippen molar-refractivity contribution in [2.24, 2.45) is 0 Å². The van der Waals surface area contributed by atoms with Gasteiger partial charge < -0.3 is 4.40 Å². The molecule has 0 atom stereocenters. The summed E-state index contributed by atoms with van der Waals surface area (Å²) < 4.78 is 1.98. The predicted octanol–water partition coefficient (Wildman–Crippen LogP) is 3.57. The first-order valence-corrected chi connectivity index (χ1v) is 7.81. The molecule has 0 aliphatic heterocycles. The van der Waals surface area contributed by atoms with Crippen LogP contribution in [0.15, 0.2) is 54.9 Å². The molecule has 0 N–H and O–H groups in total.